The summed E-state index contributed by atoms with van der Waals surface area (Å²) in [5.74, 6) is 0.581. The van der Waals surface area contributed by atoms with Crippen LogP contribution in [0.5, 0.6) is 5.75 Å². The van der Waals surface area contributed by atoms with Crippen molar-refractivity contribution in [3.05, 3.63) is 65.2 Å². The number of nitrogens with zero attached hydrogens (tertiary/aromatic N) is 1. The molecule has 29 heavy (non-hydrogen) atoms. The summed E-state index contributed by atoms with van der Waals surface area (Å²) in [5, 5.41) is 2.61. The summed E-state index contributed by atoms with van der Waals surface area (Å²) >= 11 is 0. The standard InChI is InChI=1S/C24H30N2O3/c1-24(2,3)19-9-13-21(14-10-19)29-16-22(27)26(20-11-12-20)15-17-5-7-18(8-6-17)23(28)25-4/h5-10,13-14,20H,11-12,15-16H2,1-4H3,(H,25,28). The number of amides is 2. The second kappa shape index (κ2) is 8.68. The molecule has 2 amide bonds. The third kappa shape index (κ3) is 5.59. The van der Waals surface area contributed by atoms with Crippen LogP contribution in [0.3, 0.4) is 0 Å². The van der Waals surface area contributed by atoms with E-state index in [0.29, 0.717) is 17.9 Å². The zero-order valence-electron chi connectivity index (χ0n) is 17.7. The Morgan fingerprint density at radius 2 is 1.66 bits per heavy atom. The van der Waals surface area contributed by atoms with Gasteiger partial charge in [-0.2, -0.15) is 0 Å². The summed E-state index contributed by atoms with van der Waals surface area (Å²) in [6.07, 6.45) is 2.06. The molecule has 1 aliphatic rings. The number of hydrogen-bond acceptors (Lipinski definition) is 3. The first kappa shape index (κ1) is 20.9. The van der Waals surface area contributed by atoms with Gasteiger partial charge in [-0.1, -0.05) is 45.0 Å². The fourth-order valence-corrected chi connectivity index (χ4v) is 3.19. The maximum Gasteiger partial charge on any atom is 0.261 e. The molecular weight excluding hydrogens is 364 g/mol. The fraction of sp³-hybridized carbons (Fsp3) is 0.417. The van der Waals surface area contributed by atoms with Crippen LogP contribution in [-0.2, 0) is 16.8 Å². The number of carbonyl (C=O) groups is 2. The second-order valence-electron chi connectivity index (χ2n) is 8.59. The monoisotopic (exact) mass is 394 g/mol. The predicted octanol–water partition coefficient (Wildman–Crippen LogP) is 3.91. The third-order valence-corrected chi connectivity index (χ3v) is 5.19. The normalized spacial score (nSPS) is 13.7. The van der Waals surface area contributed by atoms with Crippen molar-refractivity contribution in [1.29, 1.82) is 0 Å². The van der Waals surface area contributed by atoms with Gasteiger partial charge in [0.25, 0.3) is 11.8 Å². The molecule has 0 heterocycles. The molecule has 0 aromatic heterocycles. The van der Waals surface area contributed by atoms with Crippen molar-refractivity contribution in [2.45, 2.75) is 51.6 Å². The van der Waals surface area contributed by atoms with E-state index >= 15 is 0 Å². The number of nitrogens with one attached hydrogen (secondary N) is 1. The van der Waals surface area contributed by atoms with Crippen LogP contribution in [0.1, 0.15) is 55.1 Å². The fourth-order valence-electron chi connectivity index (χ4n) is 3.19. The van der Waals surface area contributed by atoms with E-state index in [0.717, 1.165) is 18.4 Å². The van der Waals surface area contributed by atoms with Gasteiger partial charge in [0.2, 0.25) is 0 Å². The van der Waals surface area contributed by atoms with Gasteiger partial charge in [0, 0.05) is 25.2 Å². The van der Waals surface area contributed by atoms with E-state index in [9.17, 15) is 9.59 Å². The molecule has 0 saturated heterocycles. The highest BCUT2D eigenvalue weighted by atomic mass is 16.5. The predicted molar refractivity (Wildman–Crippen MR) is 114 cm³/mol. The topological polar surface area (TPSA) is 58.6 Å². The average Bonchev–Trinajstić information content (AvgIpc) is 3.55. The number of ether oxygens (including phenoxy) is 1. The van der Waals surface area contributed by atoms with Gasteiger partial charge in [-0.15, -0.1) is 0 Å². The van der Waals surface area contributed by atoms with E-state index in [4.69, 9.17) is 4.74 Å². The van der Waals surface area contributed by atoms with Gasteiger partial charge in [-0.05, 0) is 53.6 Å². The highest BCUT2D eigenvalue weighted by Crippen LogP contribution is 2.29. The Morgan fingerprint density at radius 3 is 2.17 bits per heavy atom. The molecule has 1 N–H and O–H groups in total. The maximum absolute atomic E-state index is 12.8. The first-order chi connectivity index (χ1) is 13.8. The van der Waals surface area contributed by atoms with Crippen molar-refractivity contribution in [3.63, 3.8) is 0 Å². The smallest absolute Gasteiger partial charge is 0.261 e. The molecule has 0 unspecified atom stereocenters. The molecular formula is C24H30N2O3. The summed E-state index contributed by atoms with van der Waals surface area (Å²) in [6.45, 7) is 7.06. The highest BCUT2D eigenvalue weighted by Gasteiger charge is 2.32. The van der Waals surface area contributed by atoms with E-state index in [1.807, 2.05) is 41.3 Å². The van der Waals surface area contributed by atoms with Crippen LogP contribution in [0.25, 0.3) is 0 Å². The summed E-state index contributed by atoms with van der Waals surface area (Å²) in [7, 11) is 1.61. The minimum Gasteiger partial charge on any atom is -0.484 e. The Labute approximate surface area is 173 Å². The van der Waals surface area contributed by atoms with Crippen LogP contribution in [-0.4, -0.2) is 36.4 Å². The molecule has 1 saturated carbocycles. The molecule has 2 aromatic rings. The van der Waals surface area contributed by atoms with Crippen LogP contribution >= 0.6 is 0 Å². The zero-order valence-corrected chi connectivity index (χ0v) is 17.7. The van der Waals surface area contributed by atoms with Crippen molar-refractivity contribution >= 4 is 11.8 Å². The first-order valence-electron chi connectivity index (χ1n) is 10.1. The van der Waals surface area contributed by atoms with Crippen molar-refractivity contribution in [3.8, 4) is 5.75 Å². The summed E-state index contributed by atoms with van der Waals surface area (Å²) in [5.41, 5.74) is 2.94. The van der Waals surface area contributed by atoms with Gasteiger partial charge >= 0.3 is 0 Å². The van der Waals surface area contributed by atoms with E-state index in [-0.39, 0.29) is 29.9 Å². The zero-order chi connectivity index (χ0) is 21.0. The van der Waals surface area contributed by atoms with Crippen molar-refractivity contribution in [2.24, 2.45) is 0 Å². The van der Waals surface area contributed by atoms with E-state index in [1.165, 1.54) is 5.56 Å². The average molecular weight is 395 g/mol. The molecule has 5 nitrogen and oxygen atoms in total. The quantitative estimate of drug-likeness (QED) is 0.774. The molecule has 1 fully saturated rings. The molecule has 3 rings (SSSR count). The number of rotatable bonds is 7. The molecule has 0 bridgehead atoms. The minimum atomic E-state index is -0.113. The number of hydrogen-bond donors (Lipinski definition) is 1. The van der Waals surface area contributed by atoms with E-state index in [1.54, 1.807) is 19.2 Å². The highest BCUT2D eigenvalue weighted by molar-refractivity contribution is 5.93. The molecule has 0 spiro atoms. The van der Waals surface area contributed by atoms with Crippen molar-refractivity contribution in [1.82, 2.24) is 10.2 Å². The van der Waals surface area contributed by atoms with Gasteiger partial charge in [0.05, 0.1) is 0 Å². The minimum absolute atomic E-state index is 0.0113. The molecule has 0 aliphatic heterocycles. The van der Waals surface area contributed by atoms with Gasteiger partial charge in [-0.3, -0.25) is 9.59 Å². The Hall–Kier alpha value is -2.82. The molecule has 0 radical (unpaired) electrons. The molecule has 5 heteroatoms. The largest absolute Gasteiger partial charge is 0.484 e. The maximum atomic E-state index is 12.8. The van der Waals surface area contributed by atoms with Crippen LogP contribution in [0, 0.1) is 0 Å². The van der Waals surface area contributed by atoms with Gasteiger partial charge < -0.3 is 15.0 Å². The van der Waals surface area contributed by atoms with Crippen molar-refractivity contribution < 1.29 is 14.3 Å². The summed E-state index contributed by atoms with van der Waals surface area (Å²) in [6, 6.07) is 15.6. The lowest BCUT2D eigenvalue weighted by molar-refractivity contribution is -0.134. The van der Waals surface area contributed by atoms with Gasteiger partial charge in [0.15, 0.2) is 6.61 Å². The summed E-state index contributed by atoms with van der Waals surface area (Å²) in [4.78, 5) is 26.4. The van der Waals surface area contributed by atoms with Crippen LogP contribution in [0.4, 0.5) is 0 Å². The number of carbonyl (C=O) groups excluding carboxylic acids is 2. The Morgan fingerprint density at radius 1 is 1.03 bits per heavy atom. The first-order valence-corrected chi connectivity index (χ1v) is 10.1. The van der Waals surface area contributed by atoms with Crippen LogP contribution < -0.4 is 10.1 Å². The SMILES string of the molecule is CNC(=O)c1ccc(CN(C(=O)COc2ccc(C(C)(C)C)cc2)C2CC2)cc1. The Balaban J connectivity index is 1.59. The lowest BCUT2D eigenvalue weighted by Gasteiger charge is -2.23. The number of benzene rings is 2. The Bertz CT molecular complexity index is 847. The lowest BCUT2D eigenvalue weighted by atomic mass is 9.87. The third-order valence-electron chi connectivity index (χ3n) is 5.19. The van der Waals surface area contributed by atoms with E-state index in [2.05, 4.69) is 26.1 Å². The van der Waals surface area contributed by atoms with Gasteiger partial charge in [-0.25, -0.2) is 0 Å². The lowest BCUT2D eigenvalue weighted by Crippen LogP contribution is -2.36. The van der Waals surface area contributed by atoms with Crippen LogP contribution in [0.2, 0.25) is 0 Å². The Kier molecular flexibility index (Phi) is 6.26. The van der Waals surface area contributed by atoms with Crippen LogP contribution in [0.15, 0.2) is 48.5 Å². The molecule has 154 valence electrons. The molecule has 2 aromatic carbocycles. The van der Waals surface area contributed by atoms with E-state index < -0.39 is 0 Å². The van der Waals surface area contributed by atoms with Gasteiger partial charge in [0.1, 0.15) is 5.75 Å². The van der Waals surface area contributed by atoms with Crippen molar-refractivity contribution in [2.75, 3.05) is 13.7 Å². The molecule has 0 atom stereocenters. The molecule has 1 aliphatic carbocycles. The second-order valence-corrected chi connectivity index (χ2v) is 8.59. The summed E-state index contributed by atoms with van der Waals surface area (Å²) < 4.78 is 5.75.